The summed E-state index contributed by atoms with van der Waals surface area (Å²) in [5.74, 6) is -1.62. The van der Waals surface area contributed by atoms with Gasteiger partial charge in [0.05, 0.1) is 18.9 Å². The Balaban J connectivity index is 1.92. The number of nitrogens with zero attached hydrogens (tertiary/aromatic N) is 3. The lowest BCUT2D eigenvalue weighted by Crippen LogP contribution is -2.41. The molecule has 3 heterocycles. The van der Waals surface area contributed by atoms with Gasteiger partial charge in [-0.25, -0.2) is 9.48 Å². The van der Waals surface area contributed by atoms with Crippen LogP contribution in [0.3, 0.4) is 0 Å². The van der Waals surface area contributed by atoms with Crippen molar-refractivity contribution in [3.05, 3.63) is 16.5 Å². The summed E-state index contributed by atoms with van der Waals surface area (Å²) < 4.78 is 6.52. The first-order chi connectivity index (χ1) is 11.0. The summed E-state index contributed by atoms with van der Waals surface area (Å²) in [5.41, 5.74) is 0.892. The summed E-state index contributed by atoms with van der Waals surface area (Å²) in [6.45, 7) is 0. The van der Waals surface area contributed by atoms with Gasteiger partial charge in [0.15, 0.2) is 10.6 Å². The third-order valence-corrected chi connectivity index (χ3v) is 4.41. The number of thiophene rings is 1. The molecule has 1 fully saturated rings. The van der Waals surface area contributed by atoms with Gasteiger partial charge in [0, 0.05) is 11.8 Å². The Kier molecular flexibility index (Phi) is 3.82. The molecule has 0 aromatic carbocycles. The minimum atomic E-state index is -1.09. The number of carboxylic acid groups (broad SMARTS) is 1. The highest BCUT2D eigenvalue weighted by molar-refractivity contribution is 7.12. The normalized spacial score (nSPS) is 17.9. The zero-order valence-electron chi connectivity index (χ0n) is 12.0. The molecular formula is C13H12N4O5S. The van der Waals surface area contributed by atoms with Gasteiger partial charge in [-0.15, -0.1) is 16.4 Å². The van der Waals surface area contributed by atoms with Gasteiger partial charge in [0.2, 0.25) is 5.91 Å². The van der Waals surface area contributed by atoms with Crippen molar-refractivity contribution in [1.82, 2.24) is 20.3 Å². The highest BCUT2D eigenvalue weighted by Gasteiger charge is 2.30. The molecule has 9 nitrogen and oxygen atoms in total. The number of piperidine rings is 1. The molecule has 0 spiro atoms. The Morgan fingerprint density at radius 2 is 2.30 bits per heavy atom. The fourth-order valence-electron chi connectivity index (χ4n) is 2.36. The molecule has 120 valence electrons. The molecule has 1 unspecified atom stereocenters. The maximum atomic E-state index is 11.8. The van der Waals surface area contributed by atoms with Gasteiger partial charge in [-0.1, -0.05) is 5.21 Å². The SMILES string of the molecule is COc1c(-c2cn(C3CCC(=O)NC3=O)nn2)csc1C(=O)O. The largest absolute Gasteiger partial charge is 0.494 e. The zero-order chi connectivity index (χ0) is 16.6. The number of rotatable bonds is 4. The first kappa shape index (κ1) is 15.2. The summed E-state index contributed by atoms with van der Waals surface area (Å²) in [7, 11) is 1.38. The lowest BCUT2D eigenvalue weighted by molar-refractivity contribution is -0.136. The van der Waals surface area contributed by atoms with E-state index in [0.29, 0.717) is 17.7 Å². The van der Waals surface area contributed by atoms with Crippen LogP contribution in [0, 0.1) is 0 Å². The molecule has 10 heteroatoms. The molecule has 2 aromatic heterocycles. The van der Waals surface area contributed by atoms with E-state index in [1.165, 1.54) is 18.0 Å². The molecule has 2 aromatic rings. The number of methoxy groups -OCH3 is 1. The van der Waals surface area contributed by atoms with Crippen molar-refractivity contribution >= 4 is 29.1 Å². The molecule has 1 aliphatic heterocycles. The average molecular weight is 336 g/mol. The predicted molar refractivity (Wildman–Crippen MR) is 78.3 cm³/mol. The summed E-state index contributed by atoms with van der Waals surface area (Å²) >= 11 is 1.02. The van der Waals surface area contributed by atoms with Crippen LogP contribution in [0.25, 0.3) is 11.3 Å². The van der Waals surface area contributed by atoms with E-state index in [9.17, 15) is 14.4 Å². The molecule has 23 heavy (non-hydrogen) atoms. The smallest absolute Gasteiger partial charge is 0.349 e. The summed E-state index contributed by atoms with van der Waals surface area (Å²) in [5, 5.41) is 20.9. The number of carboxylic acids is 1. The minimum absolute atomic E-state index is 0.0676. The van der Waals surface area contributed by atoms with Crippen LogP contribution < -0.4 is 10.1 Å². The summed E-state index contributed by atoms with van der Waals surface area (Å²) in [6.07, 6.45) is 2.11. The van der Waals surface area contributed by atoms with Gasteiger partial charge in [0.1, 0.15) is 11.7 Å². The molecule has 2 amide bonds. The van der Waals surface area contributed by atoms with Gasteiger partial charge in [-0.3, -0.25) is 14.9 Å². The highest BCUT2D eigenvalue weighted by Crippen LogP contribution is 2.37. The first-order valence-corrected chi connectivity index (χ1v) is 7.54. The summed E-state index contributed by atoms with van der Waals surface area (Å²) in [4.78, 5) is 34.2. The maximum absolute atomic E-state index is 11.8. The molecule has 2 N–H and O–H groups in total. The first-order valence-electron chi connectivity index (χ1n) is 6.66. The summed E-state index contributed by atoms with van der Waals surface area (Å²) in [6, 6.07) is -0.613. The van der Waals surface area contributed by atoms with Crippen LogP contribution in [-0.4, -0.2) is 45.0 Å². The maximum Gasteiger partial charge on any atom is 0.349 e. The van der Waals surface area contributed by atoms with Crippen molar-refractivity contribution in [3.8, 4) is 17.0 Å². The standard InChI is InChI=1S/C13H12N4O5S/c1-22-10-6(5-23-11(10)13(20)21)7-4-17(16-15-7)8-2-3-9(18)14-12(8)19/h4-5,8H,2-3H2,1H3,(H,20,21)(H,14,18,19). The van der Waals surface area contributed by atoms with Gasteiger partial charge in [-0.2, -0.15) is 0 Å². The number of imide groups is 1. The van der Waals surface area contributed by atoms with Crippen LogP contribution in [0.15, 0.2) is 11.6 Å². The number of hydrogen-bond acceptors (Lipinski definition) is 7. The number of nitrogens with one attached hydrogen (secondary N) is 1. The number of hydrogen-bond donors (Lipinski definition) is 2. The van der Waals surface area contributed by atoms with Gasteiger partial charge in [0.25, 0.3) is 5.91 Å². The van der Waals surface area contributed by atoms with E-state index >= 15 is 0 Å². The van der Waals surface area contributed by atoms with Crippen molar-refractivity contribution in [2.75, 3.05) is 7.11 Å². The Morgan fingerprint density at radius 3 is 2.96 bits per heavy atom. The zero-order valence-corrected chi connectivity index (χ0v) is 12.8. The second-order valence-corrected chi connectivity index (χ2v) is 5.75. The molecule has 3 rings (SSSR count). The average Bonchev–Trinajstić information content (AvgIpc) is 3.13. The predicted octanol–water partition coefficient (Wildman–Crippen LogP) is 0.691. The van der Waals surface area contributed by atoms with Crippen molar-refractivity contribution in [2.45, 2.75) is 18.9 Å². The van der Waals surface area contributed by atoms with Gasteiger partial charge < -0.3 is 9.84 Å². The van der Waals surface area contributed by atoms with Crippen LogP contribution in [0.5, 0.6) is 5.75 Å². The molecule has 0 saturated carbocycles. The second-order valence-electron chi connectivity index (χ2n) is 4.87. The number of aromatic nitrogens is 3. The van der Waals surface area contributed by atoms with Crippen LogP contribution in [0.4, 0.5) is 0 Å². The lowest BCUT2D eigenvalue weighted by Gasteiger charge is -2.20. The molecule has 0 bridgehead atoms. The Labute approximate surface area is 133 Å². The molecule has 1 atom stereocenters. The van der Waals surface area contributed by atoms with Crippen molar-refractivity contribution < 1.29 is 24.2 Å². The molecular weight excluding hydrogens is 324 g/mol. The quantitative estimate of drug-likeness (QED) is 0.787. The molecule has 0 aliphatic carbocycles. The van der Waals surface area contributed by atoms with E-state index < -0.39 is 17.9 Å². The Hall–Kier alpha value is -2.75. The third-order valence-electron chi connectivity index (χ3n) is 3.46. The van der Waals surface area contributed by atoms with Crippen LogP contribution in [-0.2, 0) is 9.59 Å². The van der Waals surface area contributed by atoms with Crippen molar-refractivity contribution in [1.29, 1.82) is 0 Å². The minimum Gasteiger partial charge on any atom is -0.494 e. The molecule has 1 aliphatic rings. The van der Waals surface area contributed by atoms with E-state index in [-0.39, 0.29) is 23.0 Å². The van der Waals surface area contributed by atoms with Gasteiger partial charge >= 0.3 is 5.97 Å². The van der Waals surface area contributed by atoms with Crippen molar-refractivity contribution in [2.24, 2.45) is 0 Å². The fourth-order valence-corrected chi connectivity index (χ4v) is 3.23. The fraction of sp³-hybridized carbons (Fsp3) is 0.308. The van der Waals surface area contributed by atoms with Crippen LogP contribution in [0.2, 0.25) is 0 Å². The van der Waals surface area contributed by atoms with Crippen molar-refractivity contribution in [3.63, 3.8) is 0 Å². The Morgan fingerprint density at radius 1 is 1.52 bits per heavy atom. The van der Waals surface area contributed by atoms with E-state index in [0.717, 1.165) is 11.3 Å². The van der Waals surface area contributed by atoms with Crippen LogP contribution >= 0.6 is 11.3 Å². The Bertz CT molecular complexity index is 796. The number of aromatic carboxylic acids is 1. The van der Waals surface area contributed by atoms with Crippen LogP contribution in [0.1, 0.15) is 28.6 Å². The van der Waals surface area contributed by atoms with Gasteiger partial charge in [-0.05, 0) is 6.42 Å². The number of amides is 2. The number of ether oxygens (including phenoxy) is 1. The van der Waals surface area contributed by atoms with E-state index in [1.54, 1.807) is 5.38 Å². The van der Waals surface area contributed by atoms with E-state index in [4.69, 9.17) is 9.84 Å². The number of carbonyl (C=O) groups is 3. The highest BCUT2D eigenvalue weighted by atomic mass is 32.1. The second kappa shape index (κ2) is 5.80. The number of carbonyl (C=O) groups excluding carboxylic acids is 2. The molecule has 0 radical (unpaired) electrons. The topological polar surface area (TPSA) is 123 Å². The van der Waals surface area contributed by atoms with E-state index in [1.807, 2.05) is 0 Å². The third kappa shape index (κ3) is 2.68. The van der Waals surface area contributed by atoms with E-state index in [2.05, 4.69) is 15.6 Å². The molecule has 1 saturated heterocycles. The lowest BCUT2D eigenvalue weighted by atomic mass is 10.1. The monoisotopic (exact) mass is 336 g/mol.